The van der Waals surface area contributed by atoms with Gasteiger partial charge in [0, 0.05) is 11.3 Å². The Kier molecular flexibility index (Phi) is 3.20. The van der Waals surface area contributed by atoms with E-state index in [1.54, 1.807) is 16.0 Å². The second-order valence-corrected chi connectivity index (χ2v) is 5.08. The topological polar surface area (TPSA) is 47.8 Å². The molecule has 2 aromatic heterocycles. The van der Waals surface area contributed by atoms with Gasteiger partial charge >= 0.3 is 0 Å². The van der Waals surface area contributed by atoms with Crippen molar-refractivity contribution in [3.05, 3.63) is 64.6 Å². The molecular formula is C14H11N3OS. The number of hydrogen-bond acceptors (Lipinski definition) is 4. The summed E-state index contributed by atoms with van der Waals surface area (Å²) in [5.74, 6) is 0.0244. The van der Waals surface area contributed by atoms with Crippen molar-refractivity contribution in [2.24, 2.45) is 0 Å². The van der Waals surface area contributed by atoms with E-state index in [0.717, 1.165) is 10.6 Å². The van der Waals surface area contributed by atoms with E-state index in [0.29, 0.717) is 12.1 Å². The molecule has 94 valence electrons. The molecule has 1 aromatic carbocycles. The number of para-hydroxylation sites is 1. The van der Waals surface area contributed by atoms with Gasteiger partial charge in [0.1, 0.15) is 5.69 Å². The highest BCUT2D eigenvalue weighted by atomic mass is 32.1. The molecular weight excluding hydrogens is 258 g/mol. The van der Waals surface area contributed by atoms with Gasteiger partial charge in [0.2, 0.25) is 0 Å². The van der Waals surface area contributed by atoms with E-state index >= 15 is 0 Å². The summed E-state index contributed by atoms with van der Waals surface area (Å²) in [4.78, 5) is 13.3. The SMILES string of the molecule is O=C(Cc1cccs1)c1cnnn1-c1ccccc1. The maximum Gasteiger partial charge on any atom is 0.188 e. The van der Waals surface area contributed by atoms with E-state index in [9.17, 15) is 4.79 Å². The maximum atomic E-state index is 12.3. The molecule has 0 saturated heterocycles. The summed E-state index contributed by atoms with van der Waals surface area (Å²) in [5, 5.41) is 9.80. The summed E-state index contributed by atoms with van der Waals surface area (Å²) >= 11 is 1.58. The van der Waals surface area contributed by atoms with Crippen molar-refractivity contribution in [3.63, 3.8) is 0 Å². The molecule has 0 fully saturated rings. The predicted octanol–water partition coefficient (Wildman–Crippen LogP) is 2.75. The highest BCUT2D eigenvalue weighted by Gasteiger charge is 2.15. The number of hydrogen-bond donors (Lipinski definition) is 0. The van der Waals surface area contributed by atoms with Crippen molar-refractivity contribution in [2.75, 3.05) is 0 Å². The molecule has 0 aliphatic rings. The zero-order chi connectivity index (χ0) is 13.1. The fraction of sp³-hybridized carbons (Fsp3) is 0.0714. The van der Waals surface area contributed by atoms with Gasteiger partial charge in [-0.3, -0.25) is 4.79 Å². The number of carbonyl (C=O) groups excluding carboxylic acids is 1. The van der Waals surface area contributed by atoms with Crippen molar-refractivity contribution >= 4 is 17.1 Å². The summed E-state index contributed by atoms with van der Waals surface area (Å²) in [6.45, 7) is 0. The fourth-order valence-corrected chi connectivity index (χ4v) is 2.55. The Balaban J connectivity index is 1.90. The van der Waals surface area contributed by atoms with Crippen molar-refractivity contribution in [2.45, 2.75) is 6.42 Å². The number of thiophene rings is 1. The average Bonchev–Trinajstić information content (AvgIpc) is 3.10. The monoisotopic (exact) mass is 269 g/mol. The molecule has 0 amide bonds. The van der Waals surface area contributed by atoms with Crippen molar-refractivity contribution in [1.82, 2.24) is 15.0 Å². The molecule has 0 atom stereocenters. The molecule has 0 saturated carbocycles. The third-order valence-electron chi connectivity index (χ3n) is 2.75. The minimum absolute atomic E-state index is 0.0244. The van der Waals surface area contributed by atoms with Crippen LogP contribution in [-0.2, 0) is 6.42 Å². The summed E-state index contributed by atoms with van der Waals surface area (Å²) in [6, 6.07) is 13.4. The summed E-state index contributed by atoms with van der Waals surface area (Å²) in [5.41, 5.74) is 1.36. The maximum absolute atomic E-state index is 12.3. The second kappa shape index (κ2) is 5.16. The third kappa shape index (κ3) is 2.46. The van der Waals surface area contributed by atoms with E-state index in [-0.39, 0.29) is 5.78 Å². The first-order valence-corrected chi connectivity index (χ1v) is 6.74. The summed E-state index contributed by atoms with van der Waals surface area (Å²) < 4.78 is 1.58. The lowest BCUT2D eigenvalue weighted by atomic mass is 10.2. The van der Waals surface area contributed by atoms with Crippen LogP contribution in [0.25, 0.3) is 5.69 Å². The third-order valence-corrected chi connectivity index (χ3v) is 3.63. The van der Waals surface area contributed by atoms with Crippen LogP contribution in [0.2, 0.25) is 0 Å². The van der Waals surface area contributed by atoms with Crippen molar-refractivity contribution in [3.8, 4) is 5.69 Å². The van der Waals surface area contributed by atoms with Crippen LogP contribution in [0.5, 0.6) is 0 Å². The van der Waals surface area contributed by atoms with Gasteiger partial charge in [0.25, 0.3) is 0 Å². The van der Waals surface area contributed by atoms with E-state index in [2.05, 4.69) is 10.3 Å². The number of aromatic nitrogens is 3. The molecule has 0 bridgehead atoms. The first-order chi connectivity index (χ1) is 9.34. The van der Waals surface area contributed by atoms with Crippen LogP contribution in [0, 0.1) is 0 Å². The molecule has 0 aliphatic heterocycles. The number of nitrogens with zero attached hydrogens (tertiary/aromatic N) is 3. The van der Waals surface area contributed by atoms with Crippen LogP contribution in [0.15, 0.2) is 54.0 Å². The lowest BCUT2D eigenvalue weighted by Crippen LogP contribution is -2.10. The Labute approximate surface area is 114 Å². The normalized spacial score (nSPS) is 10.5. The predicted molar refractivity (Wildman–Crippen MR) is 73.7 cm³/mol. The molecule has 19 heavy (non-hydrogen) atoms. The lowest BCUT2D eigenvalue weighted by molar-refractivity contribution is 0.0986. The summed E-state index contributed by atoms with van der Waals surface area (Å²) in [6.07, 6.45) is 1.90. The largest absolute Gasteiger partial charge is 0.292 e. The average molecular weight is 269 g/mol. The van der Waals surface area contributed by atoms with Gasteiger partial charge in [-0.1, -0.05) is 29.5 Å². The molecule has 4 nitrogen and oxygen atoms in total. The summed E-state index contributed by atoms with van der Waals surface area (Å²) in [7, 11) is 0. The van der Waals surface area contributed by atoms with Crippen LogP contribution < -0.4 is 0 Å². The Bertz CT molecular complexity index is 674. The van der Waals surface area contributed by atoms with Gasteiger partial charge in [0.05, 0.1) is 11.9 Å². The number of rotatable bonds is 4. The molecule has 3 rings (SSSR count). The second-order valence-electron chi connectivity index (χ2n) is 4.05. The van der Waals surface area contributed by atoms with Gasteiger partial charge < -0.3 is 0 Å². The van der Waals surface area contributed by atoms with E-state index < -0.39 is 0 Å². The Morgan fingerprint density at radius 3 is 2.74 bits per heavy atom. The molecule has 0 spiro atoms. The number of carbonyl (C=O) groups is 1. The van der Waals surface area contributed by atoms with E-state index in [1.807, 2.05) is 47.8 Å². The highest BCUT2D eigenvalue weighted by molar-refractivity contribution is 7.10. The highest BCUT2D eigenvalue weighted by Crippen LogP contribution is 2.14. The van der Waals surface area contributed by atoms with E-state index in [1.165, 1.54) is 6.20 Å². The van der Waals surface area contributed by atoms with Gasteiger partial charge in [0.15, 0.2) is 5.78 Å². The molecule has 5 heteroatoms. The Hall–Kier alpha value is -2.27. The number of benzene rings is 1. The quantitative estimate of drug-likeness (QED) is 0.684. The van der Waals surface area contributed by atoms with Gasteiger partial charge in [-0.2, -0.15) is 0 Å². The minimum atomic E-state index is 0.0244. The smallest absolute Gasteiger partial charge is 0.188 e. The molecule has 0 unspecified atom stereocenters. The van der Waals surface area contributed by atoms with Gasteiger partial charge in [-0.15, -0.1) is 16.4 Å². The molecule has 0 radical (unpaired) electrons. The molecule has 0 aliphatic carbocycles. The van der Waals surface area contributed by atoms with Crippen LogP contribution in [0.3, 0.4) is 0 Å². The first kappa shape index (κ1) is 11.8. The molecule has 3 aromatic rings. The Morgan fingerprint density at radius 1 is 1.16 bits per heavy atom. The Morgan fingerprint density at radius 2 is 2.00 bits per heavy atom. The van der Waals surface area contributed by atoms with Crippen LogP contribution in [0.1, 0.15) is 15.4 Å². The van der Waals surface area contributed by atoms with Gasteiger partial charge in [-0.25, -0.2) is 4.68 Å². The zero-order valence-electron chi connectivity index (χ0n) is 10.1. The first-order valence-electron chi connectivity index (χ1n) is 5.86. The van der Waals surface area contributed by atoms with Crippen molar-refractivity contribution < 1.29 is 4.79 Å². The number of Topliss-reactive ketones (excluding diaryl/α,β-unsaturated/α-hetero) is 1. The fourth-order valence-electron chi connectivity index (χ4n) is 1.85. The van der Waals surface area contributed by atoms with Crippen molar-refractivity contribution in [1.29, 1.82) is 0 Å². The lowest BCUT2D eigenvalue weighted by Gasteiger charge is -2.04. The molecule has 0 N–H and O–H groups in total. The molecule has 2 heterocycles. The minimum Gasteiger partial charge on any atom is -0.292 e. The standard InChI is InChI=1S/C14H11N3OS/c18-14(9-12-7-4-8-19-12)13-10-15-16-17(13)11-5-2-1-3-6-11/h1-8,10H,9H2. The van der Waals surface area contributed by atoms with E-state index in [4.69, 9.17) is 0 Å². The zero-order valence-corrected chi connectivity index (χ0v) is 10.9. The van der Waals surface area contributed by atoms with Crippen LogP contribution in [0.4, 0.5) is 0 Å². The van der Waals surface area contributed by atoms with Crippen LogP contribution in [-0.4, -0.2) is 20.8 Å². The van der Waals surface area contributed by atoms with Crippen LogP contribution >= 0.6 is 11.3 Å². The number of ketones is 1. The van der Waals surface area contributed by atoms with Gasteiger partial charge in [-0.05, 0) is 23.6 Å².